The molecule has 1 saturated heterocycles. The Hall–Kier alpha value is -1.13. The molecule has 3 nitrogen and oxygen atoms in total. The topological polar surface area (TPSA) is 37.4 Å². The second-order valence-corrected chi connectivity index (χ2v) is 8.03. The molecular weight excluding hydrogens is 366 g/mol. The maximum atomic E-state index is 12.9. The Bertz CT molecular complexity index is 725. The van der Waals surface area contributed by atoms with Crippen LogP contribution in [0, 0.1) is 35.5 Å². The Labute approximate surface area is 141 Å². The lowest BCUT2D eigenvalue weighted by atomic mass is 9.63. The van der Waals surface area contributed by atoms with Crippen LogP contribution < -0.4 is 4.90 Å². The van der Waals surface area contributed by atoms with Crippen molar-refractivity contribution in [1.29, 1.82) is 0 Å². The summed E-state index contributed by atoms with van der Waals surface area (Å²) in [6.07, 6.45) is 5.55. The van der Waals surface area contributed by atoms with Gasteiger partial charge in [-0.3, -0.25) is 9.59 Å². The van der Waals surface area contributed by atoms with Crippen molar-refractivity contribution < 1.29 is 9.59 Å². The van der Waals surface area contributed by atoms with Crippen LogP contribution in [0.1, 0.15) is 6.42 Å². The van der Waals surface area contributed by atoms with E-state index in [0.29, 0.717) is 22.5 Å². The predicted molar refractivity (Wildman–Crippen MR) is 86.3 cm³/mol. The Morgan fingerprint density at radius 1 is 1.05 bits per heavy atom. The molecule has 5 aliphatic rings. The molecule has 1 aromatic carbocycles. The lowest BCUT2D eigenvalue weighted by Crippen LogP contribution is -2.40. The van der Waals surface area contributed by atoms with Crippen LogP contribution in [0.2, 0.25) is 5.02 Å². The van der Waals surface area contributed by atoms with Crippen molar-refractivity contribution in [3.05, 3.63) is 39.8 Å². The number of anilines is 1. The average Bonchev–Trinajstić information content (AvgIpc) is 3.28. The zero-order chi connectivity index (χ0) is 15.2. The molecule has 0 unspecified atom stereocenters. The first kappa shape index (κ1) is 13.3. The Kier molecular flexibility index (Phi) is 2.56. The van der Waals surface area contributed by atoms with Crippen LogP contribution in [0.15, 0.2) is 34.8 Å². The van der Waals surface area contributed by atoms with Crippen LogP contribution in [-0.4, -0.2) is 11.8 Å². The van der Waals surface area contributed by atoms with Crippen LogP contribution in [0.4, 0.5) is 5.69 Å². The number of benzene rings is 1. The van der Waals surface area contributed by atoms with Crippen molar-refractivity contribution in [3.8, 4) is 0 Å². The van der Waals surface area contributed by atoms with Crippen LogP contribution in [0.3, 0.4) is 0 Å². The molecule has 4 aliphatic carbocycles. The highest BCUT2D eigenvalue weighted by atomic mass is 79.9. The van der Waals surface area contributed by atoms with Gasteiger partial charge in [-0.15, -0.1) is 0 Å². The number of hydrogen-bond acceptors (Lipinski definition) is 2. The fourth-order valence-corrected chi connectivity index (χ4v) is 5.26. The van der Waals surface area contributed by atoms with Gasteiger partial charge in [0.15, 0.2) is 0 Å². The highest BCUT2D eigenvalue weighted by Crippen LogP contribution is 2.65. The maximum Gasteiger partial charge on any atom is 0.238 e. The number of nitrogens with zero attached hydrogens (tertiary/aromatic N) is 1. The van der Waals surface area contributed by atoms with Gasteiger partial charge in [0, 0.05) is 4.47 Å². The van der Waals surface area contributed by atoms with E-state index in [-0.39, 0.29) is 35.5 Å². The lowest BCUT2D eigenvalue weighted by Gasteiger charge is -2.37. The maximum absolute atomic E-state index is 12.9. The molecule has 5 heteroatoms. The Balaban J connectivity index is 1.58. The zero-order valence-electron chi connectivity index (χ0n) is 11.6. The smallest absolute Gasteiger partial charge is 0.238 e. The minimum atomic E-state index is -0.159. The third kappa shape index (κ3) is 1.52. The lowest BCUT2D eigenvalue weighted by molar-refractivity contribution is -0.124. The van der Waals surface area contributed by atoms with Crippen molar-refractivity contribution >= 4 is 45.0 Å². The van der Waals surface area contributed by atoms with Gasteiger partial charge in [-0.1, -0.05) is 23.8 Å². The van der Waals surface area contributed by atoms with Crippen LogP contribution in [0.25, 0.3) is 0 Å². The number of rotatable bonds is 1. The first-order valence-electron chi connectivity index (χ1n) is 7.59. The van der Waals surface area contributed by atoms with Crippen molar-refractivity contribution in [3.63, 3.8) is 0 Å². The van der Waals surface area contributed by atoms with Crippen LogP contribution in [-0.2, 0) is 9.59 Å². The summed E-state index contributed by atoms with van der Waals surface area (Å²) in [5.74, 6) is 1.36. The summed E-state index contributed by atoms with van der Waals surface area (Å²) >= 11 is 9.47. The second-order valence-electron chi connectivity index (χ2n) is 6.76. The summed E-state index contributed by atoms with van der Waals surface area (Å²) in [4.78, 5) is 27.2. The molecule has 0 N–H and O–H groups in total. The number of carbonyl (C=O) groups excluding carboxylic acids is 2. The normalized spacial score (nSPS) is 40.9. The van der Waals surface area contributed by atoms with Crippen LogP contribution in [0.5, 0.6) is 0 Å². The number of hydrogen-bond donors (Lipinski definition) is 0. The van der Waals surface area contributed by atoms with Gasteiger partial charge in [-0.2, -0.15) is 0 Å². The zero-order valence-corrected chi connectivity index (χ0v) is 13.9. The van der Waals surface area contributed by atoms with Crippen molar-refractivity contribution in [2.75, 3.05) is 4.90 Å². The van der Waals surface area contributed by atoms with Gasteiger partial charge < -0.3 is 0 Å². The molecule has 6 atom stereocenters. The van der Waals surface area contributed by atoms with E-state index in [1.165, 1.54) is 11.3 Å². The van der Waals surface area contributed by atoms with Gasteiger partial charge in [0.05, 0.1) is 22.5 Å². The van der Waals surface area contributed by atoms with Crippen molar-refractivity contribution in [1.82, 2.24) is 0 Å². The predicted octanol–water partition coefficient (Wildman–Crippen LogP) is 3.66. The average molecular weight is 379 g/mol. The van der Waals surface area contributed by atoms with Gasteiger partial charge >= 0.3 is 0 Å². The number of amides is 2. The van der Waals surface area contributed by atoms with Crippen molar-refractivity contribution in [2.24, 2.45) is 35.5 Å². The molecule has 0 radical (unpaired) electrons. The van der Waals surface area contributed by atoms with E-state index in [1.807, 2.05) is 0 Å². The first-order chi connectivity index (χ1) is 10.6. The van der Waals surface area contributed by atoms with E-state index < -0.39 is 0 Å². The summed E-state index contributed by atoms with van der Waals surface area (Å²) in [7, 11) is 0. The highest BCUT2D eigenvalue weighted by molar-refractivity contribution is 9.10. The van der Waals surface area contributed by atoms with Crippen molar-refractivity contribution in [2.45, 2.75) is 6.42 Å². The third-order valence-electron chi connectivity index (χ3n) is 5.82. The number of carbonyl (C=O) groups is 2. The molecule has 22 heavy (non-hydrogen) atoms. The quantitative estimate of drug-likeness (QED) is 0.552. The first-order valence-corrected chi connectivity index (χ1v) is 8.76. The molecule has 1 aromatic rings. The molecule has 3 fully saturated rings. The van der Waals surface area contributed by atoms with E-state index in [1.54, 1.807) is 18.2 Å². The van der Waals surface area contributed by atoms with E-state index in [2.05, 4.69) is 28.1 Å². The minimum absolute atomic E-state index is 0.0434. The SMILES string of the molecule is O=C1[C@@H]2[C@H]3C=C[C@@H]([C@@H]4C[C@@H]34)[C@@H]2C(=O)N1c1ccc(Br)c(Cl)c1. The van der Waals surface area contributed by atoms with E-state index in [4.69, 9.17) is 11.6 Å². The van der Waals surface area contributed by atoms with E-state index in [0.717, 1.165) is 4.47 Å². The summed E-state index contributed by atoms with van der Waals surface area (Å²) in [6.45, 7) is 0. The molecule has 0 spiro atoms. The Morgan fingerprint density at radius 2 is 1.64 bits per heavy atom. The van der Waals surface area contributed by atoms with Gasteiger partial charge in [0.2, 0.25) is 11.8 Å². The second kappa shape index (κ2) is 4.24. The largest absolute Gasteiger partial charge is 0.274 e. The molecule has 112 valence electrons. The molecule has 2 saturated carbocycles. The van der Waals surface area contributed by atoms with Gasteiger partial charge in [0.25, 0.3) is 0 Å². The monoisotopic (exact) mass is 377 g/mol. The fraction of sp³-hybridized carbons (Fsp3) is 0.412. The standard InChI is InChI=1S/C17H13BrClNO2/c18-12-4-1-7(5-13(12)19)20-16(21)14-8-2-3-9(11-6-10(8)11)15(14)17(20)22/h1-5,8-11,14-15H,6H2/t8-,9-,10-,11-,14-,15+/m0/s1. The molecule has 2 bridgehead atoms. The highest BCUT2D eigenvalue weighted by Gasteiger charge is 2.67. The van der Waals surface area contributed by atoms with E-state index >= 15 is 0 Å². The third-order valence-corrected chi connectivity index (χ3v) is 7.06. The van der Waals surface area contributed by atoms with E-state index in [9.17, 15) is 9.59 Å². The van der Waals surface area contributed by atoms with Gasteiger partial charge in [0.1, 0.15) is 0 Å². The molecular formula is C17H13BrClNO2. The summed E-state index contributed by atoms with van der Waals surface area (Å²) in [5, 5.41) is 0.511. The molecule has 1 aliphatic heterocycles. The van der Waals surface area contributed by atoms with Gasteiger partial charge in [-0.05, 0) is 64.2 Å². The Morgan fingerprint density at radius 3 is 2.18 bits per heavy atom. The number of halogens is 2. The molecule has 2 amide bonds. The molecule has 6 rings (SSSR count). The van der Waals surface area contributed by atoms with Gasteiger partial charge in [-0.25, -0.2) is 4.90 Å². The molecule has 0 aromatic heterocycles. The minimum Gasteiger partial charge on any atom is -0.274 e. The number of allylic oxidation sites excluding steroid dienone is 2. The summed E-state index contributed by atoms with van der Waals surface area (Å²) < 4.78 is 0.761. The fourth-order valence-electron chi connectivity index (χ4n) is 4.84. The number of imide groups is 1. The molecule has 1 heterocycles. The summed E-state index contributed by atoms with van der Waals surface area (Å²) in [5.41, 5.74) is 0.589. The summed E-state index contributed by atoms with van der Waals surface area (Å²) in [6, 6.07) is 5.25. The van der Waals surface area contributed by atoms with Crippen LogP contribution >= 0.6 is 27.5 Å².